The Morgan fingerprint density at radius 2 is 1.75 bits per heavy atom. The second-order valence-corrected chi connectivity index (χ2v) is 4.30. The van der Waals surface area contributed by atoms with E-state index < -0.39 is 0 Å². The van der Waals surface area contributed by atoms with Crippen molar-refractivity contribution < 1.29 is 4.52 Å². The Kier molecular flexibility index (Phi) is 4.28. The standard InChI is InChI=1S/C11H18N8O/c1-5-12-9-15-10(17-11(16-9)19(3)4)13-6-8-14-7(2)18-20-8/h5-6H2,1-4H3,(H2,12,13,15,16,17). The van der Waals surface area contributed by atoms with E-state index in [0.717, 1.165) is 6.54 Å². The van der Waals surface area contributed by atoms with Crippen LogP contribution in [0.2, 0.25) is 0 Å². The lowest BCUT2D eigenvalue weighted by Gasteiger charge is -2.13. The maximum atomic E-state index is 5.02. The van der Waals surface area contributed by atoms with Gasteiger partial charge < -0.3 is 20.1 Å². The molecule has 0 saturated heterocycles. The molecule has 2 heterocycles. The molecule has 0 radical (unpaired) electrons. The number of hydrogen-bond acceptors (Lipinski definition) is 9. The molecule has 0 aromatic carbocycles. The molecular formula is C11H18N8O. The molecule has 0 amide bonds. The van der Waals surface area contributed by atoms with Crippen molar-refractivity contribution in [1.82, 2.24) is 25.1 Å². The van der Waals surface area contributed by atoms with Crippen molar-refractivity contribution in [2.24, 2.45) is 0 Å². The summed E-state index contributed by atoms with van der Waals surface area (Å²) in [5, 5.41) is 9.83. The first-order valence-corrected chi connectivity index (χ1v) is 6.28. The quantitative estimate of drug-likeness (QED) is 0.788. The Morgan fingerprint density at radius 3 is 2.30 bits per heavy atom. The predicted molar refractivity (Wildman–Crippen MR) is 74.7 cm³/mol. The fourth-order valence-electron chi connectivity index (χ4n) is 1.45. The van der Waals surface area contributed by atoms with Gasteiger partial charge in [-0.05, 0) is 13.8 Å². The molecule has 108 valence electrons. The zero-order valence-electron chi connectivity index (χ0n) is 12.0. The fraction of sp³-hybridized carbons (Fsp3) is 0.545. The van der Waals surface area contributed by atoms with Gasteiger partial charge in [0.15, 0.2) is 5.82 Å². The molecule has 9 nitrogen and oxygen atoms in total. The van der Waals surface area contributed by atoms with E-state index in [1.807, 2.05) is 25.9 Å². The van der Waals surface area contributed by atoms with Crippen LogP contribution in [0.1, 0.15) is 18.6 Å². The first-order valence-electron chi connectivity index (χ1n) is 6.28. The number of nitrogens with zero attached hydrogens (tertiary/aromatic N) is 6. The highest BCUT2D eigenvalue weighted by Crippen LogP contribution is 2.12. The van der Waals surface area contributed by atoms with Crippen LogP contribution in [0.4, 0.5) is 17.8 Å². The van der Waals surface area contributed by atoms with Gasteiger partial charge in [0, 0.05) is 20.6 Å². The van der Waals surface area contributed by atoms with Crippen LogP contribution in [0.5, 0.6) is 0 Å². The molecule has 2 aromatic heterocycles. The Morgan fingerprint density at radius 1 is 1.05 bits per heavy atom. The molecule has 0 spiro atoms. The number of hydrogen-bond donors (Lipinski definition) is 2. The lowest BCUT2D eigenvalue weighted by molar-refractivity contribution is 0.379. The molecule has 9 heteroatoms. The number of aromatic nitrogens is 5. The Bertz CT molecular complexity index is 567. The third-order valence-electron chi connectivity index (χ3n) is 2.33. The predicted octanol–water partition coefficient (Wildman–Crippen LogP) is 0.673. The molecule has 2 aromatic rings. The van der Waals surface area contributed by atoms with Crippen LogP contribution < -0.4 is 15.5 Å². The van der Waals surface area contributed by atoms with E-state index in [-0.39, 0.29) is 0 Å². The summed E-state index contributed by atoms with van der Waals surface area (Å²) in [6, 6.07) is 0. The summed E-state index contributed by atoms with van der Waals surface area (Å²) in [7, 11) is 3.74. The topological polar surface area (TPSA) is 105 Å². The minimum absolute atomic E-state index is 0.364. The van der Waals surface area contributed by atoms with Crippen LogP contribution >= 0.6 is 0 Å². The fourth-order valence-corrected chi connectivity index (χ4v) is 1.45. The van der Waals surface area contributed by atoms with Gasteiger partial charge in [-0.1, -0.05) is 5.16 Å². The minimum atomic E-state index is 0.364. The van der Waals surface area contributed by atoms with Crippen molar-refractivity contribution in [3.63, 3.8) is 0 Å². The van der Waals surface area contributed by atoms with Gasteiger partial charge in [-0.2, -0.15) is 19.9 Å². The number of aryl methyl sites for hydroxylation is 1. The molecule has 0 aliphatic carbocycles. The van der Waals surface area contributed by atoms with E-state index in [0.29, 0.717) is 36.1 Å². The van der Waals surface area contributed by atoms with Gasteiger partial charge in [0.05, 0.1) is 6.54 Å². The molecule has 0 saturated carbocycles. The SMILES string of the molecule is CCNc1nc(NCc2nc(C)no2)nc(N(C)C)n1. The van der Waals surface area contributed by atoms with Crippen molar-refractivity contribution in [2.75, 3.05) is 36.2 Å². The summed E-state index contributed by atoms with van der Waals surface area (Å²) in [5.74, 6) is 2.63. The van der Waals surface area contributed by atoms with E-state index in [1.165, 1.54) is 0 Å². The highest BCUT2D eigenvalue weighted by atomic mass is 16.5. The lowest BCUT2D eigenvalue weighted by atomic mass is 10.6. The molecule has 0 aliphatic rings. The summed E-state index contributed by atoms with van der Waals surface area (Å²) < 4.78 is 5.02. The summed E-state index contributed by atoms with van der Waals surface area (Å²) in [4.78, 5) is 18.8. The minimum Gasteiger partial charge on any atom is -0.354 e. The monoisotopic (exact) mass is 278 g/mol. The highest BCUT2D eigenvalue weighted by molar-refractivity contribution is 5.42. The lowest BCUT2D eigenvalue weighted by Crippen LogP contribution is -2.17. The van der Waals surface area contributed by atoms with Crippen molar-refractivity contribution >= 4 is 17.8 Å². The number of rotatable bonds is 6. The van der Waals surface area contributed by atoms with Crippen molar-refractivity contribution in [1.29, 1.82) is 0 Å². The molecule has 0 atom stereocenters. The number of nitrogens with one attached hydrogen (secondary N) is 2. The summed E-state index contributed by atoms with van der Waals surface area (Å²) in [5.41, 5.74) is 0. The van der Waals surface area contributed by atoms with E-state index in [9.17, 15) is 0 Å². The Hall–Kier alpha value is -2.45. The maximum absolute atomic E-state index is 5.02. The molecule has 2 rings (SSSR count). The van der Waals surface area contributed by atoms with Crippen molar-refractivity contribution in [2.45, 2.75) is 20.4 Å². The van der Waals surface area contributed by atoms with Gasteiger partial charge in [-0.25, -0.2) is 0 Å². The summed E-state index contributed by atoms with van der Waals surface area (Å²) in [6.45, 7) is 4.85. The van der Waals surface area contributed by atoms with Crippen LogP contribution in [0.3, 0.4) is 0 Å². The number of anilines is 3. The zero-order chi connectivity index (χ0) is 14.5. The van der Waals surface area contributed by atoms with E-state index in [1.54, 1.807) is 6.92 Å². The Balaban J connectivity index is 2.13. The third kappa shape index (κ3) is 3.53. The summed E-state index contributed by atoms with van der Waals surface area (Å²) >= 11 is 0. The van der Waals surface area contributed by atoms with Gasteiger partial charge in [0.1, 0.15) is 0 Å². The van der Waals surface area contributed by atoms with Gasteiger partial charge in [-0.15, -0.1) is 0 Å². The normalized spacial score (nSPS) is 10.4. The summed E-state index contributed by atoms with van der Waals surface area (Å²) in [6.07, 6.45) is 0. The molecule has 0 unspecified atom stereocenters. The van der Waals surface area contributed by atoms with Crippen molar-refractivity contribution in [3.8, 4) is 0 Å². The van der Waals surface area contributed by atoms with Crippen LogP contribution in [0.15, 0.2) is 4.52 Å². The molecular weight excluding hydrogens is 260 g/mol. The average Bonchev–Trinajstić information content (AvgIpc) is 2.82. The third-order valence-corrected chi connectivity index (χ3v) is 2.33. The van der Waals surface area contributed by atoms with E-state index >= 15 is 0 Å². The molecule has 20 heavy (non-hydrogen) atoms. The van der Waals surface area contributed by atoms with Gasteiger partial charge >= 0.3 is 0 Å². The van der Waals surface area contributed by atoms with E-state index in [2.05, 4.69) is 35.7 Å². The Labute approximate surface area is 116 Å². The molecule has 0 fully saturated rings. The highest BCUT2D eigenvalue weighted by Gasteiger charge is 2.09. The first kappa shape index (κ1) is 14.0. The van der Waals surface area contributed by atoms with Crippen LogP contribution in [-0.4, -0.2) is 45.7 Å². The zero-order valence-corrected chi connectivity index (χ0v) is 12.0. The average molecular weight is 278 g/mol. The van der Waals surface area contributed by atoms with Gasteiger partial charge in [-0.3, -0.25) is 0 Å². The van der Waals surface area contributed by atoms with Crippen molar-refractivity contribution in [3.05, 3.63) is 11.7 Å². The second kappa shape index (κ2) is 6.13. The second-order valence-electron chi connectivity index (χ2n) is 4.30. The largest absolute Gasteiger partial charge is 0.354 e. The van der Waals surface area contributed by atoms with Crippen LogP contribution in [0, 0.1) is 6.92 Å². The maximum Gasteiger partial charge on any atom is 0.246 e. The smallest absolute Gasteiger partial charge is 0.246 e. The first-order chi connectivity index (χ1) is 9.58. The molecule has 2 N–H and O–H groups in total. The van der Waals surface area contributed by atoms with E-state index in [4.69, 9.17) is 4.52 Å². The van der Waals surface area contributed by atoms with Crippen LogP contribution in [-0.2, 0) is 6.54 Å². The molecule has 0 bridgehead atoms. The van der Waals surface area contributed by atoms with Crippen LogP contribution in [0.25, 0.3) is 0 Å². The molecule has 0 aliphatic heterocycles. The van der Waals surface area contributed by atoms with Gasteiger partial charge in [0.2, 0.25) is 23.7 Å². The van der Waals surface area contributed by atoms with Gasteiger partial charge in [0.25, 0.3) is 0 Å².